The van der Waals surface area contributed by atoms with E-state index in [9.17, 15) is 4.79 Å². The quantitative estimate of drug-likeness (QED) is 0.682. The number of aromatic nitrogens is 2. The number of likely N-dealkylation sites (tertiary alicyclic amines) is 1. The molecule has 2 aliphatic heterocycles. The van der Waals surface area contributed by atoms with Crippen LogP contribution in [0.3, 0.4) is 0 Å². The molecule has 1 spiro atoms. The summed E-state index contributed by atoms with van der Waals surface area (Å²) in [5.41, 5.74) is 2.30. The zero-order valence-electron chi connectivity index (χ0n) is 16.6. The first-order valence-electron chi connectivity index (χ1n) is 10.5. The van der Waals surface area contributed by atoms with E-state index >= 15 is 0 Å². The molecule has 1 unspecified atom stereocenters. The van der Waals surface area contributed by atoms with Crippen molar-refractivity contribution < 1.29 is 4.79 Å². The number of carbonyl (C=O) groups excluding carboxylic acids is 1. The summed E-state index contributed by atoms with van der Waals surface area (Å²) < 4.78 is 0. The number of fused-ring (bicyclic) bond motifs is 1. The first-order chi connectivity index (χ1) is 14.2. The average molecular weight is 386 g/mol. The molecule has 0 bridgehead atoms. The van der Waals surface area contributed by atoms with Crippen molar-refractivity contribution >= 4 is 22.6 Å². The Bertz CT molecular complexity index is 1020. The molecule has 1 atom stereocenters. The van der Waals surface area contributed by atoms with Crippen LogP contribution in [0.15, 0.2) is 60.9 Å². The summed E-state index contributed by atoms with van der Waals surface area (Å²) in [5.74, 6) is 1.32. The van der Waals surface area contributed by atoms with Gasteiger partial charge in [0.15, 0.2) is 0 Å². The van der Waals surface area contributed by atoms with Gasteiger partial charge in [0.05, 0.1) is 5.52 Å². The molecule has 2 fully saturated rings. The molecule has 0 aliphatic carbocycles. The maximum Gasteiger partial charge on any atom is 0.222 e. The van der Waals surface area contributed by atoms with E-state index in [0.29, 0.717) is 13.0 Å². The summed E-state index contributed by atoms with van der Waals surface area (Å²) in [6.45, 7) is 3.48. The molecule has 2 saturated heterocycles. The minimum atomic E-state index is 0.154. The molecule has 5 rings (SSSR count). The lowest BCUT2D eigenvalue weighted by Gasteiger charge is -2.48. The lowest BCUT2D eigenvalue weighted by atomic mass is 9.73. The topological polar surface area (TPSA) is 49.3 Å². The number of hydrogen-bond acceptors (Lipinski definition) is 4. The van der Waals surface area contributed by atoms with Crippen LogP contribution < -0.4 is 4.90 Å². The zero-order valence-corrected chi connectivity index (χ0v) is 16.6. The van der Waals surface area contributed by atoms with Gasteiger partial charge in [0.2, 0.25) is 5.91 Å². The van der Waals surface area contributed by atoms with Gasteiger partial charge >= 0.3 is 0 Å². The molecular weight excluding hydrogens is 360 g/mol. The number of piperidine rings is 2. The van der Waals surface area contributed by atoms with Crippen LogP contribution in [-0.4, -0.2) is 40.4 Å². The van der Waals surface area contributed by atoms with Crippen LogP contribution >= 0.6 is 0 Å². The third kappa shape index (κ3) is 3.69. The van der Waals surface area contributed by atoms with Crippen LogP contribution in [-0.2, 0) is 11.3 Å². The zero-order chi connectivity index (χ0) is 19.7. The van der Waals surface area contributed by atoms with Gasteiger partial charge in [-0.05, 0) is 49.1 Å². The predicted octanol–water partition coefficient (Wildman–Crippen LogP) is 4.04. The van der Waals surface area contributed by atoms with Gasteiger partial charge in [0.1, 0.15) is 5.82 Å². The Hall–Kier alpha value is -2.95. The normalized spacial score (nSPS) is 22.4. The second kappa shape index (κ2) is 7.47. The van der Waals surface area contributed by atoms with E-state index in [1.165, 1.54) is 11.8 Å². The van der Waals surface area contributed by atoms with Crippen molar-refractivity contribution in [1.29, 1.82) is 0 Å². The number of benzene rings is 1. The Labute approximate surface area is 171 Å². The molecule has 1 aromatic carbocycles. The number of hydrogen-bond donors (Lipinski definition) is 0. The second-order valence-corrected chi connectivity index (χ2v) is 8.50. The van der Waals surface area contributed by atoms with Gasteiger partial charge in [0, 0.05) is 55.8 Å². The van der Waals surface area contributed by atoms with E-state index in [2.05, 4.69) is 40.2 Å². The minimum absolute atomic E-state index is 0.154. The lowest BCUT2D eigenvalue weighted by molar-refractivity contribution is -0.138. The van der Waals surface area contributed by atoms with E-state index < -0.39 is 0 Å². The molecule has 0 N–H and O–H groups in total. The van der Waals surface area contributed by atoms with E-state index in [1.807, 2.05) is 29.3 Å². The van der Waals surface area contributed by atoms with Gasteiger partial charge in [-0.25, -0.2) is 4.98 Å². The largest absolute Gasteiger partial charge is 0.356 e. The monoisotopic (exact) mass is 386 g/mol. The van der Waals surface area contributed by atoms with Crippen molar-refractivity contribution in [3.8, 4) is 0 Å². The second-order valence-electron chi connectivity index (χ2n) is 8.50. The summed E-state index contributed by atoms with van der Waals surface area (Å²) >= 11 is 0. The van der Waals surface area contributed by atoms with Crippen LogP contribution in [0.25, 0.3) is 10.9 Å². The van der Waals surface area contributed by atoms with Crippen LogP contribution in [0.1, 0.15) is 31.2 Å². The van der Waals surface area contributed by atoms with Gasteiger partial charge in [-0.3, -0.25) is 9.78 Å². The highest BCUT2D eigenvalue weighted by Gasteiger charge is 2.42. The number of nitrogens with zero attached hydrogens (tertiary/aromatic N) is 4. The number of carbonyl (C=O) groups is 1. The summed E-state index contributed by atoms with van der Waals surface area (Å²) in [5, 5.41) is 1.17. The Morgan fingerprint density at radius 1 is 1.00 bits per heavy atom. The summed E-state index contributed by atoms with van der Waals surface area (Å²) in [7, 11) is 0. The van der Waals surface area contributed by atoms with Gasteiger partial charge in [-0.15, -0.1) is 0 Å². The molecule has 3 aromatic rings. The average Bonchev–Trinajstić information content (AvgIpc) is 2.77. The highest BCUT2D eigenvalue weighted by atomic mass is 16.2. The number of pyridine rings is 2. The van der Waals surface area contributed by atoms with Crippen molar-refractivity contribution in [2.24, 2.45) is 5.41 Å². The predicted molar refractivity (Wildman–Crippen MR) is 115 cm³/mol. The SMILES string of the molecule is O=C1CCC2(CCCN(c3ccc4ccccc4n3)C2)CN1Cc1cccnc1. The Balaban J connectivity index is 1.36. The van der Waals surface area contributed by atoms with Crippen molar-refractivity contribution in [1.82, 2.24) is 14.9 Å². The summed E-state index contributed by atoms with van der Waals surface area (Å²) in [6, 6.07) is 16.6. The molecule has 148 valence electrons. The molecule has 4 heterocycles. The first kappa shape index (κ1) is 18.1. The standard InChI is InChI=1S/C24H26N4O/c29-23-10-12-24(18-28(23)16-19-5-3-13-25-15-19)11-4-14-27(17-24)22-9-8-20-6-1-2-7-21(20)26-22/h1-3,5-9,13,15H,4,10-12,14,16-18H2. The lowest BCUT2D eigenvalue weighted by Crippen LogP contribution is -2.54. The molecule has 29 heavy (non-hydrogen) atoms. The fourth-order valence-electron chi connectivity index (χ4n) is 4.93. The fourth-order valence-corrected chi connectivity index (χ4v) is 4.93. The molecule has 2 aliphatic rings. The van der Waals surface area contributed by atoms with E-state index in [0.717, 1.165) is 49.4 Å². The number of anilines is 1. The van der Waals surface area contributed by atoms with Crippen molar-refractivity contribution in [3.05, 3.63) is 66.5 Å². The number of amides is 1. The highest BCUT2D eigenvalue weighted by molar-refractivity contribution is 5.80. The van der Waals surface area contributed by atoms with Gasteiger partial charge < -0.3 is 9.80 Å². The number of rotatable bonds is 3. The van der Waals surface area contributed by atoms with Gasteiger partial charge in [-0.1, -0.05) is 24.3 Å². The molecular formula is C24H26N4O. The minimum Gasteiger partial charge on any atom is -0.356 e. The Morgan fingerprint density at radius 3 is 2.83 bits per heavy atom. The Kier molecular flexibility index (Phi) is 4.66. The molecule has 5 heteroatoms. The molecule has 1 amide bonds. The first-order valence-corrected chi connectivity index (χ1v) is 10.5. The maximum absolute atomic E-state index is 12.6. The fraction of sp³-hybridized carbons (Fsp3) is 0.375. The van der Waals surface area contributed by atoms with Gasteiger partial charge in [-0.2, -0.15) is 0 Å². The Morgan fingerprint density at radius 2 is 1.93 bits per heavy atom. The summed E-state index contributed by atoms with van der Waals surface area (Å²) in [6.07, 6.45) is 7.56. The molecule has 0 radical (unpaired) electrons. The third-order valence-electron chi connectivity index (χ3n) is 6.41. The van der Waals surface area contributed by atoms with Crippen LogP contribution in [0.4, 0.5) is 5.82 Å². The van der Waals surface area contributed by atoms with Crippen molar-refractivity contribution in [2.75, 3.05) is 24.5 Å². The van der Waals surface area contributed by atoms with Gasteiger partial charge in [0.25, 0.3) is 0 Å². The van der Waals surface area contributed by atoms with Crippen LogP contribution in [0.2, 0.25) is 0 Å². The smallest absolute Gasteiger partial charge is 0.222 e. The van der Waals surface area contributed by atoms with Crippen LogP contribution in [0, 0.1) is 5.41 Å². The van der Waals surface area contributed by atoms with E-state index in [-0.39, 0.29) is 11.3 Å². The maximum atomic E-state index is 12.6. The third-order valence-corrected chi connectivity index (χ3v) is 6.41. The summed E-state index contributed by atoms with van der Waals surface area (Å²) in [4.78, 5) is 26.2. The van der Waals surface area contributed by atoms with E-state index in [4.69, 9.17) is 4.98 Å². The number of para-hydroxylation sites is 1. The van der Waals surface area contributed by atoms with Crippen molar-refractivity contribution in [2.45, 2.75) is 32.2 Å². The van der Waals surface area contributed by atoms with Crippen molar-refractivity contribution in [3.63, 3.8) is 0 Å². The van der Waals surface area contributed by atoms with E-state index in [1.54, 1.807) is 6.20 Å². The molecule has 2 aromatic heterocycles. The van der Waals surface area contributed by atoms with Crippen LogP contribution in [0.5, 0.6) is 0 Å². The highest BCUT2D eigenvalue weighted by Crippen LogP contribution is 2.40. The molecule has 5 nitrogen and oxygen atoms in total. The molecule has 0 saturated carbocycles.